The smallest absolute Gasteiger partial charge is 0.348 e. The van der Waals surface area contributed by atoms with Gasteiger partial charge in [-0.15, -0.1) is 5.10 Å². The Labute approximate surface area is 200 Å². The Morgan fingerprint density at radius 3 is 2.46 bits per heavy atom. The molecule has 0 fully saturated rings. The lowest BCUT2D eigenvalue weighted by atomic mass is 10.0. The Hall–Kier alpha value is -4.60. The second-order valence-electron chi connectivity index (χ2n) is 7.84. The molecule has 0 spiro atoms. The molecule has 4 aromatic rings. The third kappa shape index (κ3) is 4.72. The Morgan fingerprint density at radius 2 is 1.80 bits per heavy atom. The summed E-state index contributed by atoms with van der Waals surface area (Å²) in [4.78, 5) is 15.6. The number of para-hydroxylation sites is 2. The van der Waals surface area contributed by atoms with Crippen molar-refractivity contribution in [2.24, 2.45) is 5.73 Å². The summed E-state index contributed by atoms with van der Waals surface area (Å²) in [5.74, 6) is 0.0693. The molecule has 1 atom stereocenters. The van der Waals surface area contributed by atoms with Gasteiger partial charge in [-0.3, -0.25) is 10.4 Å². The number of nitrogens with zero attached hydrogens (tertiary/aromatic N) is 2. The Morgan fingerprint density at radius 1 is 1.11 bits per heavy atom. The highest BCUT2D eigenvalue weighted by Crippen LogP contribution is 2.32. The van der Waals surface area contributed by atoms with E-state index in [0.717, 1.165) is 5.56 Å². The number of hydrogen-bond acceptors (Lipinski definition) is 6. The van der Waals surface area contributed by atoms with Crippen LogP contribution in [0.1, 0.15) is 28.6 Å². The second-order valence-corrected chi connectivity index (χ2v) is 7.84. The van der Waals surface area contributed by atoms with E-state index in [4.69, 9.17) is 20.6 Å². The van der Waals surface area contributed by atoms with Gasteiger partial charge in [0.25, 0.3) is 0 Å². The van der Waals surface area contributed by atoms with Crippen molar-refractivity contribution >= 4 is 11.5 Å². The van der Waals surface area contributed by atoms with Gasteiger partial charge in [0.15, 0.2) is 17.4 Å². The first kappa shape index (κ1) is 23.6. The van der Waals surface area contributed by atoms with Gasteiger partial charge < -0.3 is 20.5 Å². The molecular formula is C25H25FN6O3. The van der Waals surface area contributed by atoms with Gasteiger partial charge in [-0.1, -0.05) is 18.2 Å². The predicted octanol–water partition coefficient (Wildman–Crippen LogP) is 3.51. The monoisotopic (exact) mass is 476 g/mol. The lowest BCUT2D eigenvalue weighted by Crippen LogP contribution is -2.17. The van der Waals surface area contributed by atoms with E-state index in [1.165, 1.54) is 18.9 Å². The number of aromatic nitrogens is 3. The molecule has 1 heterocycles. The third-order valence-electron chi connectivity index (χ3n) is 5.47. The molecule has 0 saturated carbocycles. The molecule has 0 aliphatic carbocycles. The summed E-state index contributed by atoms with van der Waals surface area (Å²) in [6.07, 6.45) is 0. The maximum atomic E-state index is 15.5. The first-order valence-electron chi connectivity index (χ1n) is 10.7. The largest absolute Gasteiger partial charge is 0.494 e. The molecular weight excluding hydrogens is 451 g/mol. The van der Waals surface area contributed by atoms with Crippen LogP contribution >= 0.6 is 0 Å². The number of methoxy groups -OCH3 is 2. The number of halogens is 1. The van der Waals surface area contributed by atoms with Gasteiger partial charge in [-0.05, 0) is 55.0 Å². The van der Waals surface area contributed by atoms with E-state index in [1.54, 1.807) is 60.7 Å². The highest BCUT2D eigenvalue weighted by molar-refractivity contribution is 5.95. The number of amidine groups is 1. The lowest BCUT2D eigenvalue weighted by molar-refractivity contribution is 0.383. The number of nitrogens with one attached hydrogen (secondary N) is 3. The summed E-state index contributed by atoms with van der Waals surface area (Å²) in [6.45, 7) is 1.82. The highest BCUT2D eigenvalue weighted by Gasteiger charge is 2.26. The zero-order valence-corrected chi connectivity index (χ0v) is 19.4. The first-order chi connectivity index (χ1) is 16.8. The molecule has 5 N–H and O–H groups in total. The van der Waals surface area contributed by atoms with Gasteiger partial charge in [0.2, 0.25) is 0 Å². The minimum Gasteiger partial charge on any atom is -0.494 e. The van der Waals surface area contributed by atoms with Crippen molar-refractivity contribution in [2.45, 2.75) is 13.0 Å². The number of benzene rings is 3. The van der Waals surface area contributed by atoms with Crippen LogP contribution in [-0.4, -0.2) is 34.8 Å². The van der Waals surface area contributed by atoms with Gasteiger partial charge in [0, 0.05) is 16.8 Å². The van der Waals surface area contributed by atoms with Gasteiger partial charge in [0.1, 0.15) is 23.3 Å². The zero-order chi connectivity index (χ0) is 25.1. The number of ether oxygens (including phenoxy) is 2. The molecule has 0 radical (unpaired) electrons. The van der Waals surface area contributed by atoms with Crippen molar-refractivity contribution in [1.82, 2.24) is 14.8 Å². The van der Waals surface area contributed by atoms with Gasteiger partial charge >= 0.3 is 5.69 Å². The number of aryl methyl sites for hydroxylation is 1. The fourth-order valence-corrected chi connectivity index (χ4v) is 3.77. The summed E-state index contributed by atoms with van der Waals surface area (Å²) in [7, 11) is 2.89. The van der Waals surface area contributed by atoms with E-state index in [0.29, 0.717) is 22.7 Å². The quantitative estimate of drug-likeness (QED) is 0.227. The maximum absolute atomic E-state index is 15.5. The van der Waals surface area contributed by atoms with Crippen LogP contribution in [0, 0.1) is 18.2 Å². The fourth-order valence-electron chi connectivity index (χ4n) is 3.77. The average molecular weight is 477 g/mol. The van der Waals surface area contributed by atoms with Crippen molar-refractivity contribution < 1.29 is 13.9 Å². The number of aromatic amines is 1. The lowest BCUT2D eigenvalue weighted by Gasteiger charge is -2.20. The van der Waals surface area contributed by atoms with E-state index in [9.17, 15) is 4.79 Å². The molecule has 0 bridgehead atoms. The molecule has 1 unspecified atom stereocenters. The SMILES string of the molecule is COc1ccccc1-n1nc(C(Nc2ccc(C(=N)N)cc2)c2cc(C)cc(OC)c2F)[nH]c1=O. The molecule has 0 amide bonds. The van der Waals surface area contributed by atoms with Crippen molar-refractivity contribution in [3.05, 3.63) is 99.5 Å². The van der Waals surface area contributed by atoms with Crippen LogP contribution in [0.5, 0.6) is 11.5 Å². The van der Waals surface area contributed by atoms with Crippen molar-refractivity contribution in [3.63, 3.8) is 0 Å². The van der Waals surface area contributed by atoms with Gasteiger partial charge in [0.05, 0.1) is 14.2 Å². The van der Waals surface area contributed by atoms with E-state index in [1.807, 2.05) is 6.92 Å². The molecule has 0 aliphatic heterocycles. The third-order valence-corrected chi connectivity index (χ3v) is 5.47. The Kier molecular flexibility index (Phi) is 6.54. The number of hydrogen-bond donors (Lipinski definition) is 4. The zero-order valence-electron chi connectivity index (χ0n) is 19.4. The van der Waals surface area contributed by atoms with Crippen LogP contribution in [0.15, 0.2) is 65.5 Å². The Bertz CT molecular complexity index is 1430. The molecule has 1 aromatic heterocycles. The summed E-state index contributed by atoms with van der Waals surface area (Å²) < 4.78 is 27.2. The molecule has 10 heteroatoms. The van der Waals surface area contributed by atoms with Crippen LogP contribution in [0.4, 0.5) is 10.1 Å². The predicted molar refractivity (Wildman–Crippen MR) is 131 cm³/mol. The minimum absolute atomic E-state index is 0.0672. The fraction of sp³-hybridized carbons (Fsp3) is 0.160. The van der Waals surface area contributed by atoms with Gasteiger partial charge in [-0.25, -0.2) is 9.18 Å². The highest BCUT2D eigenvalue weighted by atomic mass is 19.1. The standard InChI is InChI=1S/C25H25FN6O3/c1-14-12-17(21(26)20(13-14)35-3)22(29-16-10-8-15(9-11-16)23(27)28)24-30-25(33)32(31-24)18-6-4-5-7-19(18)34-2/h4-13,22,29H,1-3H3,(H3,27,28)(H,30,31,33). The van der Waals surface area contributed by atoms with Crippen molar-refractivity contribution in [1.29, 1.82) is 5.41 Å². The molecule has 180 valence electrons. The molecule has 9 nitrogen and oxygen atoms in total. The van der Waals surface area contributed by atoms with E-state index in [-0.39, 0.29) is 23.0 Å². The molecule has 35 heavy (non-hydrogen) atoms. The van der Waals surface area contributed by atoms with Crippen LogP contribution in [0.25, 0.3) is 5.69 Å². The van der Waals surface area contributed by atoms with E-state index >= 15 is 4.39 Å². The van der Waals surface area contributed by atoms with Crippen LogP contribution in [-0.2, 0) is 0 Å². The summed E-state index contributed by atoms with van der Waals surface area (Å²) in [6, 6.07) is 16.1. The topological polar surface area (TPSA) is 131 Å². The van der Waals surface area contributed by atoms with Crippen LogP contribution in [0.3, 0.4) is 0 Å². The number of H-pyrrole nitrogens is 1. The number of rotatable bonds is 8. The second kappa shape index (κ2) is 9.72. The van der Waals surface area contributed by atoms with Crippen molar-refractivity contribution in [2.75, 3.05) is 19.5 Å². The minimum atomic E-state index is -0.879. The van der Waals surface area contributed by atoms with E-state index in [2.05, 4.69) is 15.4 Å². The molecule has 0 aliphatic rings. The maximum Gasteiger partial charge on any atom is 0.348 e. The summed E-state index contributed by atoms with van der Waals surface area (Å²) in [5.41, 5.74) is 7.63. The van der Waals surface area contributed by atoms with E-state index < -0.39 is 17.5 Å². The van der Waals surface area contributed by atoms with Crippen molar-refractivity contribution in [3.8, 4) is 17.2 Å². The normalized spacial score (nSPS) is 11.7. The first-order valence-corrected chi connectivity index (χ1v) is 10.7. The summed E-state index contributed by atoms with van der Waals surface area (Å²) >= 11 is 0. The Balaban J connectivity index is 1.85. The summed E-state index contributed by atoms with van der Waals surface area (Å²) in [5, 5.41) is 15.3. The van der Waals surface area contributed by atoms with Crippen LogP contribution in [0.2, 0.25) is 0 Å². The number of nitrogens with two attached hydrogens (primary N) is 1. The van der Waals surface area contributed by atoms with Gasteiger partial charge in [-0.2, -0.15) is 4.68 Å². The molecule has 0 saturated heterocycles. The van der Waals surface area contributed by atoms with Crippen LogP contribution < -0.4 is 26.2 Å². The molecule has 3 aromatic carbocycles. The number of anilines is 1. The average Bonchev–Trinajstić information content (AvgIpc) is 3.25. The number of nitrogen functional groups attached to an aromatic ring is 1. The molecule has 4 rings (SSSR count).